The van der Waals surface area contributed by atoms with Crippen molar-refractivity contribution in [3.8, 4) is 0 Å². The van der Waals surface area contributed by atoms with Crippen LogP contribution in [0, 0.1) is 0 Å². The van der Waals surface area contributed by atoms with Crippen LogP contribution in [0.3, 0.4) is 0 Å². The van der Waals surface area contributed by atoms with Crippen LogP contribution >= 0.6 is 0 Å². The number of anilines is 3. The lowest BCUT2D eigenvalue weighted by Crippen LogP contribution is -2.19. The second-order valence-corrected chi connectivity index (χ2v) is 6.93. The van der Waals surface area contributed by atoms with Gasteiger partial charge in [-0.25, -0.2) is 14.4 Å². The number of primary amides is 3. The smallest absolute Gasteiger partial charge is 0.316 e. The standard InChI is InChI=1S/2C9H12N2O.C7H8N2O/c2*1-2-7-3-5-8(6-4-7)11-9(10)12;8-7(10)9-6-4-2-1-3-5-6/h2*3-6H,2H2,1H3,(H3,10,11,12);1-5H,(H3,8,9,10). The third kappa shape index (κ3) is 12.4. The summed E-state index contributed by atoms with van der Waals surface area (Å²) in [7, 11) is 0. The zero-order valence-corrected chi connectivity index (χ0v) is 19.4. The van der Waals surface area contributed by atoms with E-state index in [-0.39, 0.29) is 0 Å². The van der Waals surface area contributed by atoms with Crippen LogP contribution in [0.5, 0.6) is 0 Å². The van der Waals surface area contributed by atoms with Gasteiger partial charge in [0, 0.05) is 17.1 Å². The molecular formula is C25H32N6O3. The minimum Gasteiger partial charge on any atom is -0.351 e. The van der Waals surface area contributed by atoms with Crippen molar-refractivity contribution in [2.75, 3.05) is 16.0 Å². The lowest BCUT2D eigenvalue weighted by atomic mass is 10.1. The summed E-state index contributed by atoms with van der Waals surface area (Å²) in [5, 5.41) is 7.43. The Labute approximate surface area is 199 Å². The van der Waals surface area contributed by atoms with Crippen LogP contribution in [0.4, 0.5) is 31.4 Å². The third-order valence-corrected chi connectivity index (χ3v) is 4.30. The molecule has 3 aromatic rings. The van der Waals surface area contributed by atoms with E-state index in [1.54, 1.807) is 12.1 Å². The Morgan fingerprint density at radius 2 is 0.824 bits per heavy atom. The first-order valence-corrected chi connectivity index (χ1v) is 10.7. The molecule has 9 nitrogen and oxygen atoms in total. The molecule has 6 amide bonds. The summed E-state index contributed by atoms with van der Waals surface area (Å²) in [5.74, 6) is 0. The van der Waals surface area contributed by atoms with Crippen molar-refractivity contribution >= 4 is 35.2 Å². The number of urea groups is 3. The monoisotopic (exact) mass is 464 g/mol. The van der Waals surface area contributed by atoms with Gasteiger partial charge in [-0.15, -0.1) is 0 Å². The van der Waals surface area contributed by atoms with Crippen LogP contribution in [0.1, 0.15) is 25.0 Å². The highest BCUT2D eigenvalue weighted by molar-refractivity contribution is 5.88. The molecule has 0 aromatic heterocycles. The Balaban J connectivity index is 0.000000256. The second kappa shape index (κ2) is 15.3. The van der Waals surface area contributed by atoms with E-state index in [0.717, 1.165) is 29.9 Å². The molecule has 0 saturated heterocycles. The van der Waals surface area contributed by atoms with E-state index in [4.69, 9.17) is 17.2 Å². The van der Waals surface area contributed by atoms with E-state index in [1.807, 2.05) is 66.7 Å². The van der Waals surface area contributed by atoms with Crippen molar-refractivity contribution in [2.45, 2.75) is 26.7 Å². The predicted octanol–water partition coefficient (Wildman–Crippen LogP) is 4.66. The summed E-state index contributed by atoms with van der Waals surface area (Å²) >= 11 is 0. The average Bonchev–Trinajstić information content (AvgIpc) is 2.80. The Hall–Kier alpha value is -4.53. The molecule has 0 aliphatic rings. The fraction of sp³-hybridized carbons (Fsp3) is 0.160. The molecule has 0 fully saturated rings. The lowest BCUT2D eigenvalue weighted by Gasteiger charge is -2.01. The van der Waals surface area contributed by atoms with Gasteiger partial charge in [0.25, 0.3) is 0 Å². The van der Waals surface area contributed by atoms with E-state index in [1.165, 1.54) is 11.1 Å². The maximum absolute atomic E-state index is 10.4. The first-order valence-electron chi connectivity index (χ1n) is 10.7. The zero-order chi connectivity index (χ0) is 25.3. The SMILES string of the molecule is CCc1ccc(NC(N)=O)cc1.CCc1ccc(NC(N)=O)cc1.NC(=O)Nc1ccccc1. The molecule has 0 saturated carbocycles. The molecule has 9 N–H and O–H groups in total. The van der Waals surface area contributed by atoms with Gasteiger partial charge in [0.15, 0.2) is 0 Å². The van der Waals surface area contributed by atoms with Crippen LogP contribution in [-0.4, -0.2) is 18.1 Å². The Bertz CT molecular complexity index is 963. The van der Waals surface area contributed by atoms with Crippen molar-refractivity contribution in [2.24, 2.45) is 17.2 Å². The summed E-state index contributed by atoms with van der Waals surface area (Å²) in [6.45, 7) is 4.16. The van der Waals surface area contributed by atoms with Gasteiger partial charge in [-0.1, -0.05) is 56.3 Å². The molecule has 3 aromatic carbocycles. The zero-order valence-electron chi connectivity index (χ0n) is 19.4. The van der Waals surface area contributed by atoms with Gasteiger partial charge < -0.3 is 33.2 Å². The fourth-order valence-electron chi connectivity index (χ4n) is 2.60. The van der Waals surface area contributed by atoms with Gasteiger partial charge in [0.05, 0.1) is 0 Å². The number of aryl methyl sites for hydroxylation is 2. The topological polar surface area (TPSA) is 165 Å². The van der Waals surface area contributed by atoms with E-state index in [9.17, 15) is 14.4 Å². The lowest BCUT2D eigenvalue weighted by molar-refractivity contribution is 0.258. The van der Waals surface area contributed by atoms with Gasteiger partial charge in [-0.05, 0) is 60.4 Å². The summed E-state index contributed by atoms with van der Waals surface area (Å²) in [6, 6.07) is 22.7. The molecule has 180 valence electrons. The van der Waals surface area contributed by atoms with E-state index < -0.39 is 18.1 Å². The third-order valence-electron chi connectivity index (χ3n) is 4.30. The van der Waals surface area contributed by atoms with Crippen molar-refractivity contribution in [1.82, 2.24) is 0 Å². The Morgan fingerprint density at radius 1 is 0.529 bits per heavy atom. The largest absolute Gasteiger partial charge is 0.351 e. The highest BCUT2D eigenvalue weighted by Crippen LogP contribution is 2.10. The highest BCUT2D eigenvalue weighted by Gasteiger charge is 1.95. The first-order chi connectivity index (χ1) is 16.2. The molecule has 0 heterocycles. The number of rotatable bonds is 5. The number of carbonyl (C=O) groups excluding carboxylic acids is 3. The quantitative estimate of drug-likeness (QED) is 0.324. The molecular weight excluding hydrogens is 432 g/mol. The number of benzene rings is 3. The number of para-hydroxylation sites is 1. The van der Waals surface area contributed by atoms with Crippen LogP contribution in [0.2, 0.25) is 0 Å². The minimum absolute atomic E-state index is 0.528. The molecule has 0 atom stereocenters. The molecule has 3 rings (SSSR count). The highest BCUT2D eigenvalue weighted by atomic mass is 16.2. The Kier molecular flexibility index (Phi) is 12.4. The number of hydrogen-bond donors (Lipinski definition) is 6. The summed E-state index contributed by atoms with van der Waals surface area (Å²) in [6.07, 6.45) is 1.99. The van der Waals surface area contributed by atoms with Crippen LogP contribution in [0.25, 0.3) is 0 Å². The summed E-state index contributed by atoms with van der Waals surface area (Å²) < 4.78 is 0. The molecule has 0 radical (unpaired) electrons. The summed E-state index contributed by atoms with van der Waals surface area (Å²) in [5.41, 5.74) is 19.4. The van der Waals surface area contributed by atoms with Gasteiger partial charge >= 0.3 is 18.1 Å². The maximum atomic E-state index is 10.4. The van der Waals surface area contributed by atoms with Gasteiger partial charge in [0.1, 0.15) is 0 Å². The van der Waals surface area contributed by atoms with Crippen molar-refractivity contribution < 1.29 is 14.4 Å². The second-order valence-electron chi connectivity index (χ2n) is 6.93. The van der Waals surface area contributed by atoms with E-state index in [2.05, 4.69) is 29.8 Å². The first kappa shape index (κ1) is 27.5. The van der Waals surface area contributed by atoms with Crippen LogP contribution in [-0.2, 0) is 12.8 Å². The van der Waals surface area contributed by atoms with Gasteiger partial charge in [-0.3, -0.25) is 0 Å². The van der Waals surface area contributed by atoms with Gasteiger partial charge in [0.2, 0.25) is 0 Å². The number of nitrogens with one attached hydrogen (secondary N) is 3. The normalized spacial score (nSPS) is 9.24. The minimum atomic E-state index is -0.536. The molecule has 9 heteroatoms. The molecule has 0 bridgehead atoms. The van der Waals surface area contributed by atoms with Crippen molar-refractivity contribution in [1.29, 1.82) is 0 Å². The molecule has 0 unspecified atom stereocenters. The summed E-state index contributed by atoms with van der Waals surface area (Å²) in [4.78, 5) is 31.1. The molecule has 0 spiro atoms. The molecule has 0 aliphatic heterocycles. The average molecular weight is 465 g/mol. The van der Waals surface area contributed by atoms with Gasteiger partial charge in [-0.2, -0.15) is 0 Å². The van der Waals surface area contributed by atoms with Crippen molar-refractivity contribution in [3.63, 3.8) is 0 Å². The number of amides is 6. The van der Waals surface area contributed by atoms with E-state index >= 15 is 0 Å². The number of carbonyl (C=O) groups is 3. The Morgan fingerprint density at radius 3 is 1.09 bits per heavy atom. The van der Waals surface area contributed by atoms with E-state index in [0.29, 0.717) is 0 Å². The maximum Gasteiger partial charge on any atom is 0.316 e. The van der Waals surface area contributed by atoms with Crippen LogP contribution < -0.4 is 33.2 Å². The number of hydrogen-bond acceptors (Lipinski definition) is 3. The fourth-order valence-corrected chi connectivity index (χ4v) is 2.60. The van der Waals surface area contributed by atoms with Crippen molar-refractivity contribution in [3.05, 3.63) is 90.0 Å². The molecule has 0 aliphatic carbocycles. The predicted molar refractivity (Wildman–Crippen MR) is 138 cm³/mol. The van der Waals surface area contributed by atoms with Crippen LogP contribution in [0.15, 0.2) is 78.9 Å². The molecule has 34 heavy (non-hydrogen) atoms. The number of nitrogens with two attached hydrogens (primary N) is 3.